The molecule has 1 radical (unpaired) electrons. The maximum atomic E-state index is 11.2. The number of aliphatic hydroxyl groups is 1. The zero-order chi connectivity index (χ0) is 12.7. The fourth-order valence-electron chi connectivity index (χ4n) is 0.801. The maximum absolute atomic E-state index is 11.2. The van der Waals surface area contributed by atoms with Gasteiger partial charge in [-0.25, -0.2) is 0 Å². The van der Waals surface area contributed by atoms with E-state index in [2.05, 4.69) is 10.6 Å². The summed E-state index contributed by atoms with van der Waals surface area (Å²) in [5.41, 5.74) is 5.25. The normalized spacial score (nSPS) is 15.8. The molecule has 0 aliphatic carbocycles. The molecule has 0 unspecified atom stereocenters. The van der Waals surface area contributed by atoms with Crippen LogP contribution in [0.3, 0.4) is 0 Å². The van der Waals surface area contributed by atoms with Crippen LogP contribution in [-0.4, -0.2) is 47.9 Å². The van der Waals surface area contributed by atoms with Gasteiger partial charge in [-0.3, -0.25) is 14.4 Å². The molecule has 0 spiro atoms. The molecule has 5 N–H and O–H groups in total. The first-order chi connectivity index (χ1) is 7.38. The molecule has 0 aliphatic rings. The summed E-state index contributed by atoms with van der Waals surface area (Å²) in [6.07, 6.45) is 0.437. The number of carbonyl (C=O) groups is 2. The van der Waals surface area contributed by atoms with Crippen LogP contribution in [0, 0.1) is 0 Å². The van der Waals surface area contributed by atoms with E-state index in [-0.39, 0.29) is 6.54 Å². The molecule has 2 amide bonds. The summed E-state index contributed by atoms with van der Waals surface area (Å²) in [5.74, 6) is -1.07. The Kier molecular flexibility index (Phi) is 6.28. The van der Waals surface area contributed by atoms with Crippen LogP contribution < -0.4 is 16.4 Å². The van der Waals surface area contributed by atoms with Crippen molar-refractivity contribution in [3.05, 3.63) is 0 Å². The first kappa shape index (κ1) is 14.5. The highest BCUT2D eigenvalue weighted by Crippen LogP contribution is 1.87. The number of aliphatic hydroxyl groups excluding tert-OH is 1. The number of amides is 2. The molecule has 16 heavy (non-hydrogen) atoms. The predicted molar refractivity (Wildman–Crippen MR) is 56.0 cm³/mol. The molecule has 0 aromatic carbocycles. The maximum Gasteiger partial charge on any atom is 0.240 e. The highest BCUT2D eigenvalue weighted by Gasteiger charge is 2.18. The van der Waals surface area contributed by atoms with Crippen molar-refractivity contribution in [2.45, 2.75) is 32.0 Å². The topological polar surface area (TPSA) is 122 Å². The van der Waals surface area contributed by atoms with Crippen molar-refractivity contribution in [2.24, 2.45) is 5.73 Å². The number of rotatable bonds is 6. The van der Waals surface area contributed by atoms with Gasteiger partial charge in [-0.05, 0) is 13.8 Å². The van der Waals surface area contributed by atoms with Gasteiger partial charge in [0.2, 0.25) is 18.1 Å². The Balaban J connectivity index is 3.99. The van der Waals surface area contributed by atoms with Crippen LogP contribution in [0.15, 0.2) is 0 Å². The quantitative estimate of drug-likeness (QED) is 0.399. The van der Waals surface area contributed by atoms with Crippen molar-refractivity contribution in [3.8, 4) is 0 Å². The molecule has 7 nitrogen and oxygen atoms in total. The van der Waals surface area contributed by atoms with Crippen LogP contribution in [0.25, 0.3) is 0 Å². The molecule has 91 valence electrons. The van der Waals surface area contributed by atoms with Gasteiger partial charge in [-0.1, -0.05) is 0 Å². The van der Waals surface area contributed by atoms with Crippen molar-refractivity contribution in [1.82, 2.24) is 10.6 Å². The predicted octanol–water partition coefficient (Wildman–Crippen LogP) is -2.57. The molecule has 0 saturated carbocycles. The summed E-state index contributed by atoms with van der Waals surface area (Å²) in [6.45, 7) is 2.52. The van der Waals surface area contributed by atoms with Crippen molar-refractivity contribution in [1.29, 1.82) is 0 Å². The minimum atomic E-state index is -1.10. The third-order valence-electron chi connectivity index (χ3n) is 1.76. The summed E-state index contributed by atoms with van der Waals surface area (Å²) < 4.78 is 0. The van der Waals surface area contributed by atoms with Crippen molar-refractivity contribution in [3.63, 3.8) is 0 Å². The Bertz CT molecular complexity index is 265. The fraction of sp³-hybridized carbons (Fsp3) is 0.667. The lowest BCUT2D eigenvalue weighted by molar-refractivity contribution is -0.127. The van der Waals surface area contributed by atoms with Gasteiger partial charge in [0.05, 0.1) is 18.7 Å². The molecule has 0 aliphatic heterocycles. The summed E-state index contributed by atoms with van der Waals surface area (Å²) in [4.78, 5) is 32.5. The van der Waals surface area contributed by atoms with Crippen molar-refractivity contribution >= 4 is 18.1 Å². The van der Waals surface area contributed by atoms with Crippen molar-refractivity contribution in [2.75, 3.05) is 6.54 Å². The van der Waals surface area contributed by atoms with E-state index in [1.165, 1.54) is 20.1 Å². The third-order valence-corrected chi connectivity index (χ3v) is 1.76. The highest BCUT2D eigenvalue weighted by atomic mass is 16.3. The number of nitrogens with one attached hydrogen (secondary N) is 2. The Hall–Kier alpha value is -1.47. The van der Waals surface area contributed by atoms with E-state index in [0.717, 1.165) is 0 Å². The smallest absolute Gasteiger partial charge is 0.240 e. The third kappa shape index (κ3) is 5.42. The van der Waals surface area contributed by atoms with Gasteiger partial charge in [-0.15, -0.1) is 0 Å². The minimum absolute atomic E-state index is 0.300. The van der Waals surface area contributed by atoms with E-state index in [0.29, 0.717) is 0 Å². The van der Waals surface area contributed by atoms with Gasteiger partial charge in [0, 0.05) is 0 Å². The Morgan fingerprint density at radius 2 is 2.00 bits per heavy atom. The van der Waals surface area contributed by atoms with Crippen LogP contribution in [-0.2, 0) is 14.4 Å². The summed E-state index contributed by atoms with van der Waals surface area (Å²) in [7, 11) is 0. The van der Waals surface area contributed by atoms with Gasteiger partial charge in [-0.2, -0.15) is 0 Å². The number of carbonyl (C=O) groups excluding carboxylic acids is 3. The first-order valence-corrected chi connectivity index (χ1v) is 4.77. The molecule has 0 aromatic heterocycles. The molecule has 0 heterocycles. The van der Waals surface area contributed by atoms with E-state index in [9.17, 15) is 14.4 Å². The Labute approximate surface area is 93.4 Å². The van der Waals surface area contributed by atoms with E-state index >= 15 is 0 Å². The Morgan fingerprint density at radius 1 is 1.44 bits per heavy atom. The summed E-state index contributed by atoms with van der Waals surface area (Å²) >= 11 is 0. The number of hydrogen-bond donors (Lipinski definition) is 4. The van der Waals surface area contributed by atoms with Gasteiger partial charge in [0.25, 0.3) is 0 Å². The molecular formula is C9H16N3O4. The molecule has 0 fully saturated rings. The SMILES string of the molecule is C[C@H](N)C(=O)NCC(=O)N[C@H]([C]=O)[C@@H](C)O. The first-order valence-electron chi connectivity index (χ1n) is 4.77. The number of hydrogen-bond acceptors (Lipinski definition) is 5. The van der Waals surface area contributed by atoms with E-state index in [1.807, 2.05) is 0 Å². The zero-order valence-corrected chi connectivity index (χ0v) is 9.19. The van der Waals surface area contributed by atoms with Crippen LogP contribution in [0.4, 0.5) is 0 Å². The second kappa shape index (κ2) is 6.91. The highest BCUT2D eigenvalue weighted by molar-refractivity contribution is 5.88. The molecule has 0 bridgehead atoms. The summed E-state index contributed by atoms with van der Waals surface area (Å²) in [5, 5.41) is 13.5. The fourth-order valence-corrected chi connectivity index (χ4v) is 0.801. The van der Waals surface area contributed by atoms with Crippen LogP contribution in [0.2, 0.25) is 0 Å². The average molecular weight is 230 g/mol. The lowest BCUT2D eigenvalue weighted by atomic mass is 10.2. The van der Waals surface area contributed by atoms with Crippen LogP contribution in [0.1, 0.15) is 13.8 Å². The van der Waals surface area contributed by atoms with E-state index < -0.39 is 30.0 Å². The largest absolute Gasteiger partial charge is 0.391 e. The molecule has 0 rings (SSSR count). The summed E-state index contributed by atoms with van der Waals surface area (Å²) in [6, 6.07) is -1.81. The lowest BCUT2D eigenvalue weighted by Gasteiger charge is -2.15. The minimum Gasteiger partial charge on any atom is -0.391 e. The molecule has 0 saturated heterocycles. The van der Waals surface area contributed by atoms with Crippen LogP contribution >= 0.6 is 0 Å². The number of nitrogens with two attached hydrogens (primary N) is 1. The van der Waals surface area contributed by atoms with Gasteiger partial charge in [0.15, 0.2) is 0 Å². The zero-order valence-electron chi connectivity index (χ0n) is 9.19. The lowest BCUT2D eigenvalue weighted by Crippen LogP contribution is -2.49. The second-order valence-corrected chi connectivity index (χ2v) is 3.41. The molecular weight excluding hydrogens is 214 g/mol. The van der Waals surface area contributed by atoms with Gasteiger partial charge >= 0.3 is 0 Å². The Morgan fingerprint density at radius 3 is 2.38 bits per heavy atom. The van der Waals surface area contributed by atoms with Gasteiger partial charge in [0.1, 0.15) is 6.04 Å². The second-order valence-electron chi connectivity index (χ2n) is 3.41. The molecule has 7 heteroatoms. The monoisotopic (exact) mass is 230 g/mol. The average Bonchev–Trinajstić information content (AvgIpc) is 2.21. The van der Waals surface area contributed by atoms with Gasteiger partial charge < -0.3 is 21.5 Å². The van der Waals surface area contributed by atoms with Crippen LogP contribution in [0.5, 0.6) is 0 Å². The molecule has 0 aromatic rings. The van der Waals surface area contributed by atoms with E-state index in [1.54, 1.807) is 0 Å². The standard InChI is InChI=1S/C9H16N3O4/c1-5(10)9(16)11-3-8(15)12-7(4-13)6(2)14/h5-7,14H,3,10H2,1-2H3,(H,11,16)(H,12,15)/t5-,6+,7+/m0/s1. The molecule has 3 atom stereocenters. The van der Waals surface area contributed by atoms with E-state index in [4.69, 9.17) is 10.8 Å². The van der Waals surface area contributed by atoms with Crippen molar-refractivity contribution < 1.29 is 19.5 Å².